The summed E-state index contributed by atoms with van der Waals surface area (Å²) in [5.74, 6) is -0.463. The van der Waals surface area contributed by atoms with Crippen LogP contribution in [0.1, 0.15) is 12.8 Å². The summed E-state index contributed by atoms with van der Waals surface area (Å²) in [5, 5.41) is 2.68. The highest BCUT2D eigenvalue weighted by Crippen LogP contribution is 2.19. The lowest BCUT2D eigenvalue weighted by atomic mass is 10.4. The molecule has 7 nitrogen and oxygen atoms in total. The number of sulfone groups is 1. The first-order chi connectivity index (χ1) is 13.2. The average Bonchev–Trinajstić information content (AvgIpc) is 2.66. The molecule has 0 atom stereocenters. The Bertz CT molecular complexity index is 1010. The van der Waals surface area contributed by atoms with Gasteiger partial charge in [-0.3, -0.25) is 4.79 Å². The Morgan fingerprint density at radius 3 is 2.21 bits per heavy atom. The van der Waals surface area contributed by atoms with Gasteiger partial charge in [0.2, 0.25) is 15.9 Å². The predicted octanol–water partition coefficient (Wildman–Crippen LogP) is 1.99. The minimum atomic E-state index is -3.80. The third-order valence-electron chi connectivity index (χ3n) is 3.78. The summed E-state index contributed by atoms with van der Waals surface area (Å²) in [5.41, 5.74) is 0. The Balaban J connectivity index is 1.71. The van der Waals surface area contributed by atoms with E-state index in [4.69, 9.17) is 11.6 Å². The molecule has 2 rings (SSSR count). The van der Waals surface area contributed by atoms with Crippen molar-refractivity contribution in [3.8, 4) is 0 Å². The Kier molecular flexibility index (Phi) is 7.99. The molecule has 152 valence electrons. The minimum absolute atomic E-state index is 0.0526. The van der Waals surface area contributed by atoms with Crippen molar-refractivity contribution < 1.29 is 21.6 Å². The normalized spacial score (nSPS) is 11.9. The summed E-state index contributed by atoms with van der Waals surface area (Å²) in [4.78, 5) is 12.0. The van der Waals surface area contributed by atoms with E-state index in [9.17, 15) is 21.6 Å². The molecule has 10 heteroatoms. The number of hydrogen-bond acceptors (Lipinski definition) is 5. The molecule has 0 spiro atoms. The maximum Gasteiger partial charge on any atom is 0.242 e. The first kappa shape index (κ1) is 22.4. The Morgan fingerprint density at radius 1 is 0.893 bits per heavy atom. The van der Waals surface area contributed by atoms with Crippen LogP contribution in [0.15, 0.2) is 64.4 Å². The van der Waals surface area contributed by atoms with Gasteiger partial charge < -0.3 is 5.32 Å². The van der Waals surface area contributed by atoms with Crippen molar-refractivity contribution in [1.82, 2.24) is 10.0 Å². The highest BCUT2D eigenvalue weighted by Gasteiger charge is 2.17. The van der Waals surface area contributed by atoms with Gasteiger partial charge in [-0.05, 0) is 30.7 Å². The van der Waals surface area contributed by atoms with Crippen molar-refractivity contribution in [3.63, 3.8) is 0 Å². The molecule has 2 aromatic rings. The summed E-state index contributed by atoms with van der Waals surface area (Å²) >= 11 is 5.87. The van der Waals surface area contributed by atoms with Gasteiger partial charge in [0.05, 0.1) is 15.7 Å². The fraction of sp³-hybridized carbons (Fsp3) is 0.278. The third kappa shape index (κ3) is 6.59. The largest absolute Gasteiger partial charge is 0.356 e. The molecule has 0 radical (unpaired) electrons. The van der Waals surface area contributed by atoms with Crippen LogP contribution in [-0.2, 0) is 24.7 Å². The van der Waals surface area contributed by atoms with Crippen LogP contribution in [0.3, 0.4) is 0 Å². The van der Waals surface area contributed by atoms with Crippen LogP contribution < -0.4 is 10.0 Å². The Hall–Kier alpha value is -1.94. The van der Waals surface area contributed by atoms with E-state index in [1.54, 1.807) is 30.3 Å². The zero-order valence-electron chi connectivity index (χ0n) is 15.0. The lowest BCUT2D eigenvalue weighted by Crippen LogP contribution is -2.31. The van der Waals surface area contributed by atoms with E-state index in [0.29, 0.717) is 0 Å². The van der Waals surface area contributed by atoms with Gasteiger partial charge in [0.1, 0.15) is 4.90 Å². The van der Waals surface area contributed by atoms with E-state index < -0.39 is 19.9 Å². The topological polar surface area (TPSA) is 109 Å². The standard InChI is InChI=1S/C18H21ClN2O5S2/c19-16-9-4-5-10-17(16)28(25,26)21-13-11-18(22)20-12-6-14-27(23,24)15-7-2-1-3-8-15/h1-5,7-10,21H,6,11-14H2,(H,20,22). The van der Waals surface area contributed by atoms with Gasteiger partial charge in [-0.15, -0.1) is 0 Å². The number of sulfonamides is 1. The predicted molar refractivity (Wildman–Crippen MR) is 107 cm³/mol. The molecule has 2 N–H and O–H groups in total. The number of carbonyl (C=O) groups is 1. The van der Waals surface area contributed by atoms with Gasteiger partial charge in [0, 0.05) is 19.5 Å². The molecule has 0 aliphatic rings. The molecule has 0 aromatic heterocycles. The molecule has 28 heavy (non-hydrogen) atoms. The van der Waals surface area contributed by atoms with Crippen molar-refractivity contribution in [2.24, 2.45) is 0 Å². The van der Waals surface area contributed by atoms with Crippen LogP contribution in [0.4, 0.5) is 0 Å². The van der Waals surface area contributed by atoms with E-state index in [-0.39, 0.29) is 52.4 Å². The molecular weight excluding hydrogens is 424 g/mol. The van der Waals surface area contributed by atoms with Crippen LogP contribution in [0.5, 0.6) is 0 Å². The number of amides is 1. The molecule has 1 amide bonds. The number of benzene rings is 2. The molecule has 0 bridgehead atoms. The van der Waals surface area contributed by atoms with Crippen LogP contribution >= 0.6 is 11.6 Å². The summed E-state index contributed by atoms with van der Waals surface area (Å²) in [7, 11) is -7.19. The molecule has 2 aromatic carbocycles. The zero-order valence-corrected chi connectivity index (χ0v) is 17.4. The average molecular weight is 445 g/mol. The molecule has 0 aliphatic carbocycles. The Morgan fingerprint density at radius 2 is 1.54 bits per heavy atom. The second-order valence-electron chi connectivity index (χ2n) is 5.91. The monoisotopic (exact) mass is 444 g/mol. The van der Waals surface area contributed by atoms with Crippen molar-refractivity contribution >= 4 is 37.4 Å². The number of carbonyl (C=O) groups excluding carboxylic acids is 1. The van der Waals surface area contributed by atoms with Crippen molar-refractivity contribution in [2.45, 2.75) is 22.6 Å². The van der Waals surface area contributed by atoms with Gasteiger partial charge in [0.25, 0.3) is 0 Å². The Labute approximate surface area is 170 Å². The van der Waals surface area contributed by atoms with Gasteiger partial charge >= 0.3 is 0 Å². The minimum Gasteiger partial charge on any atom is -0.356 e. The highest BCUT2D eigenvalue weighted by molar-refractivity contribution is 7.91. The second kappa shape index (κ2) is 10.0. The summed E-state index contributed by atoms with van der Waals surface area (Å²) < 4.78 is 50.8. The van der Waals surface area contributed by atoms with E-state index >= 15 is 0 Å². The number of halogens is 1. The number of hydrogen-bond donors (Lipinski definition) is 2. The molecule has 0 aliphatic heterocycles. The fourth-order valence-corrected chi connectivity index (χ4v) is 5.24. The van der Waals surface area contributed by atoms with E-state index in [1.165, 1.54) is 24.3 Å². The first-order valence-corrected chi connectivity index (χ1v) is 12.0. The third-order valence-corrected chi connectivity index (χ3v) is 7.56. The lowest BCUT2D eigenvalue weighted by Gasteiger charge is -2.09. The lowest BCUT2D eigenvalue weighted by molar-refractivity contribution is -0.120. The molecular formula is C18H21ClN2O5S2. The van der Waals surface area contributed by atoms with Gasteiger partial charge in [-0.2, -0.15) is 0 Å². The van der Waals surface area contributed by atoms with Crippen molar-refractivity contribution in [1.29, 1.82) is 0 Å². The molecule has 0 heterocycles. The SMILES string of the molecule is O=C(CCNS(=O)(=O)c1ccccc1Cl)NCCCS(=O)(=O)c1ccccc1. The second-order valence-corrected chi connectivity index (χ2v) is 10.2. The number of rotatable bonds is 10. The van der Waals surface area contributed by atoms with Crippen LogP contribution in [0.2, 0.25) is 5.02 Å². The molecule has 0 fully saturated rings. The van der Waals surface area contributed by atoms with Crippen molar-refractivity contribution in [2.75, 3.05) is 18.8 Å². The first-order valence-electron chi connectivity index (χ1n) is 8.51. The van der Waals surface area contributed by atoms with Crippen molar-refractivity contribution in [3.05, 3.63) is 59.6 Å². The molecule has 0 unspecified atom stereocenters. The van der Waals surface area contributed by atoms with Crippen LogP contribution in [0, 0.1) is 0 Å². The van der Waals surface area contributed by atoms with E-state index in [1.807, 2.05) is 0 Å². The smallest absolute Gasteiger partial charge is 0.242 e. The quantitative estimate of drug-likeness (QED) is 0.544. The van der Waals surface area contributed by atoms with Gasteiger partial charge in [0.15, 0.2) is 9.84 Å². The summed E-state index contributed by atoms with van der Waals surface area (Å²) in [6, 6.07) is 14.1. The summed E-state index contributed by atoms with van der Waals surface area (Å²) in [6.45, 7) is 0.0872. The molecule has 0 saturated carbocycles. The van der Waals surface area contributed by atoms with Crippen LogP contribution in [0.25, 0.3) is 0 Å². The van der Waals surface area contributed by atoms with E-state index in [2.05, 4.69) is 10.0 Å². The highest BCUT2D eigenvalue weighted by atomic mass is 35.5. The fourth-order valence-electron chi connectivity index (χ4n) is 2.36. The maximum atomic E-state index is 12.1. The zero-order chi connectivity index (χ0) is 20.6. The van der Waals surface area contributed by atoms with Gasteiger partial charge in [-0.25, -0.2) is 21.6 Å². The molecule has 0 saturated heterocycles. The van der Waals surface area contributed by atoms with Gasteiger partial charge in [-0.1, -0.05) is 41.9 Å². The summed E-state index contributed by atoms with van der Waals surface area (Å²) in [6.07, 6.45) is 0.184. The maximum absolute atomic E-state index is 12.1. The van der Waals surface area contributed by atoms with Crippen LogP contribution in [-0.4, -0.2) is 41.6 Å². The number of nitrogens with one attached hydrogen (secondary N) is 2. The van der Waals surface area contributed by atoms with E-state index in [0.717, 1.165) is 0 Å².